The van der Waals surface area contributed by atoms with E-state index in [9.17, 15) is 13.2 Å². The summed E-state index contributed by atoms with van der Waals surface area (Å²) in [6.45, 7) is 3.10. The number of fused-ring (bicyclic) bond motifs is 1. The number of carbonyl (C=O) groups is 1. The average molecular weight is 478 g/mol. The summed E-state index contributed by atoms with van der Waals surface area (Å²) in [6, 6.07) is 7.26. The number of benzene rings is 1. The van der Waals surface area contributed by atoms with Gasteiger partial charge < -0.3 is 29.2 Å². The Bertz CT molecular complexity index is 1120. The highest BCUT2D eigenvalue weighted by Crippen LogP contribution is 2.40. The third-order valence-corrected chi connectivity index (χ3v) is 8.41. The van der Waals surface area contributed by atoms with Crippen molar-refractivity contribution in [2.75, 3.05) is 52.9 Å². The van der Waals surface area contributed by atoms with Crippen LogP contribution in [0.25, 0.3) is 0 Å². The molecular weight excluding hydrogens is 450 g/mol. The first-order valence-corrected chi connectivity index (χ1v) is 12.4. The molecule has 0 aliphatic carbocycles. The molecule has 5 rings (SSSR count). The monoisotopic (exact) mass is 477 g/mol. The molecule has 0 spiro atoms. The lowest BCUT2D eigenvalue weighted by Crippen LogP contribution is -2.44. The molecule has 10 nitrogen and oxygen atoms in total. The minimum absolute atomic E-state index is 0.0751. The number of sulfonamides is 1. The molecule has 1 aromatic carbocycles. The molecule has 11 heteroatoms. The summed E-state index contributed by atoms with van der Waals surface area (Å²) in [4.78, 5) is 15.8. The van der Waals surface area contributed by atoms with Gasteiger partial charge in [-0.15, -0.1) is 0 Å². The lowest BCUT2D eigenvalue weighted by Gasteiger charge is -2.38. The fraction of sp³-hybridized carbons (Fsp3) is 0.500. The molecule has 4 heterocycles. The maximum absolute atomic E-state index is 12.9. The van der Waals surface area contributed by atoms with Crippen LogP contribution in [-0.2, 0) is 24.9 Å². The van der Waals surface area contributed by atoms with Crippen molar-refractivity contribution in [3.05, 3.63) is 41.7 Å². The number of rotatable bonds is 6. The van der Waals surface area contributed by atoms with E-state index in [-0.39, 0.29) is 28.7 Å². The summed E-state index contributed by atoms with van der Waals surface area (Å²) < 4.78 is 48.8. The molecule has 33 heavy (non-hydrogen) atoms. The van der Waals surface area contributed by atoms with Gasteiger partial charge in [0.1, 0.15) is 10.6 Å². The summed E-state index contributed by atoms with van der Waals surface area (Å²) >= 11 is 0. The van der Waals surface area contributed by atoms with Crippen molar-refractivity contribution in [3.8, 4) is 11.5 Å². The molecule has 2 fully saturated rings. The lowest BCUT2D eigenvalue weighted by molar-refractivity contribution is 0.0486. The van der Waals surface area contributed by atoms with Crippen molar-refractivity contribution >= 4 is 15.9 Å². The standard InChI is InChI=1S/C22H27N3O7S/c26-21(18-12-17(13-23-18)33(27,28)25-5-9-30-10-6-25)24-14-22(3-7-29-8-4-22)16-1-2-19-20(11-16)32-15-31-19/h1-2,11-13,23H,3-10,14-15H2,(H,24,26). The van der Waals surface area contributed by atoms with E-state index in [1.165, 1.54) is 16.6 Å². The maximum Gasteiger partial charge on any atom is 0.267 e. The number of aromatic nitrogens is 1. The van der Waals surface area contributed by atoms with Gasteiger partial charge in [-0.25, -0.2) is 8.42 Å². The molecule has 0 atom stereocenters. The number of morpholine rings is 1. The minimum atomic E-state index is -3.67. The first kappa shape index (κ1) is 22.2. The number of hydrogen-bond donors (Lipinski definition) is 2. The molecule has 0 saturated carbocycles. The van der Waals surface area contributed by atoms with E-state index in [1.807, 2.05) is 18.2 Å². The molecule has 0 bridgehead atoms. The van der Waals surface area contributed by atoms with Crippen LogP contribution in [0.15, 0.2) is 35.4 Å². The summed E-state index contributed by atoms with van der Waals surface area (Å²) in [7, 11) is -3.67. The Morgan fingerprint density at radius 3 is 2.55 bits per heavy atom. The summed E-state index contributed by atoms with van der Waals surface area (Å²) in [5, 5.41) is 2.99. The highest BCUT2D eigenvalue weighted by atomic mass is 32.2. The van der Waals surface area contributed by atoms with Crippen LogP contribution >= 0.6 is 0 Å². The smallest absolute Gasteiger partial charge is 0.267 e. The molecule has 1 aromatic heterocycles. The van der Waals surface area contributed by atoms with Crippen LogP contribution in [0.5, 0.6) is 11.5 Å². The number of nitrogens with zero attached hydrogens (tertiary/aromatic N) is 1. The van der Waals surface area contributed by atoms with E-state index < -0.39 is 10.0 Å². The van der Waals surface area contributed by atoms with Gasteiger partial charge in [-0.3, -0.25) is 4.79 Å². The van der Waals surface area contributed by atoms with Crippen LogP contribution in [0.3, 0.4) is 0 Å². The van der Waals surface area contributed by atoms with Crippen LogP contribution in [0, 0.1) is 0 Å². The Morgan fingerprint density at radius 1 is 1.03 bits per heavy atom. The van der Waals surface area contributed by atoms with Gasteiger partial charge in [-0.2, -0.15) is 4.31 Å². The molecule has 3 aliphatic rings. The fourth-order valence-corrected chi connectivity index (χ4v) is 5.89. The van der Waals surface area contributed by atoms with Crippen LogP contribution in [-0.4, -0.2) is 76.5 Å². The van der Waals surface area contributed by atoms with Crippen molar-refractivity contribution in [2.24, 2.45) is 0 Å². The normalized spacial score (nSPS) is 20.5. The molecular formula is C22H27N3O7S. The Balaban J connectivity index is 1.31. The number of hydrogen-bond acceptors (Lipinski definition) is 7. The number of amides is 1. The Labute approximate surface area is 192 Å². The van der Waals surface area contributed by atoms with Gasteiger partial charge in [0.2, 0.25) is 16.8 Å². The van der Waals surface area contributed by atoms with E-state index in [0.717, 1.165) is 18.4 Å². The zero-order valence-corrected chi connectivity index (χ0v) is 19.0. The average Bonchev–Trinajstić information content (AvgIpc) is 3.53. The van der Waals surface area contributed by atoms with E-state index >= 15 is 0 Å². The Morgan fingerprint density at radius 2 is 1.76 bits per heavy atom. The van der Waals surface area contributed by atoms with Crippen molar-refractivity contribution < 1.29 is 32.2 Å². The minimum Gasteiger partial charge on any atom is -0.454 e. The quantitative estimate of drug-likeness (QED) is 0.643. The number of H-pyrrole nitrogens is 1. The number of ether oxygens (including phenoxy) is 4. The van der Waals surface area contributed by atoms with Gasteiger partial charge in [0.05, 0.1) is 13.2 Å². The molecule has 0 unspecified atom stereocenters. The molecule has 178 valence electrons. The predicted molar refractivity (Wildman–Crippen MR) is 117 cm³/mol. The van der Waals surface area contributed by atoms with Gasteiger partial charge in [-0.1, -0.05) is 6.07 Å². The van der Waals surface area contributed by atoms with Gasteiger partial charge in [0.15, 0.2) is 11.5 Å². The lowest BCUT2D eigenvalue weighted by atomic mass is 9.74. The number of carbonyl (C=O) groups excluding carboxylic acids is 1. The first-order valence-electron chi connectivity index (χ1n) is 11.0. The number of nitrogens with one attached hydrogen (secondary N) is 2. The Hall–Kier alpha value is -2.60. The van der Waals surface area contributed by atoms with Crippen LogP contribution in [0.4, 0.5) is 0 Å². The van der Waals surface area contributed by atoms with Crippen molar-refractivity contribution in [1.29, 1.82) is 0 Å². The Kier molecular flexibility index (Phi) is 6.04. The van der Waals surface area contributed by atoms with Gasteiger partial charge >= 0.3 is 0 Å². The van der Waals surface area contributed by atoms with Gasteiger partial charge in [0, 0.05) is 44.5 Å². The number of aromatic amines is 1. The fourth-order valence-electron chi connectivity index (χ4n) is 4.49. The predicted octanol–water partition coefficient (Wildman–Crippen LogP) is 1.24. The topological polar surface area (TPSA) is 119 Å². The molecule has 0 radical (unpaired) electrons. The summed E-state index contributed by atoms with van der Waals surface area (Å²) in [6.07, 6.45) is 2.85. The molecule has 3 aliphatic heterocycles. The van der Waals surface area contributed by atoms with Gasteiger partial charge in [0.25, 0.3) is 5.91 Å². The highest BCUT2D eigenvalue weighted by Gasteiger charge is 2.36. The second-order valence-electron chi connectivity index (χ2n) is 8.41. The summed E-state index contributed by atoms with van der Waals surface area (Å²) in [5.41, 5.74) is 0.941. The third kappa shape index (κ3) is 4.33. The van der Waals surface area contributed by atoms with Crippen LogP contribution in [0.1, 0.15) is 28.9 Å². The maximum atomic E-state index is 12.9. The first-order chi connectivity index (χ1) is 16.0. The van der Waals surface area contributed by atoms with Crippen molar-refractivity contribution in [2.45, 2.75) is 23.2 Å². The van der Waals surface area contributed by atoms with Gasteiger partial charge in [-0.05, 0) is 36.6 Å². The molecule has 2 N–H and O–H groups in total. The second-order valence-corrected chi connectivity index (χ2v) is 10.3. The second kappa shape index (κ2) is 8.98. The van der Waals surface area contributed by atoms with E-state index in [0.29, 0.717) is 57.6 Å². The van der Waals surface area contributed by atoms with E-state index in [1.54, 1.807) is 0 Å². The van der Waals surface area contributed by atoms with E-state index in [4.69, 9.17) is 18.9 Å². The molecule has 2 aromatic rings. The van der Waals surface area contributed by atoms with Crippen molar-refractivity contribution in [1.82, 2.24) is 14.6 Å². The van der Waals surface area contributed by atoms with Crippen LogP contribution in [0.2, 0.25) is 0 Å². The van der Waals surface area contributed by atoms with E-state index in [2.05, 4.69) is 10.3 Å². The molecule has 2 saturated heterocycles. The highest BCUT2D eigenvalue weighted by molar-refractivity contribution is 7.89. The summed E-state index contributed by atoms with van der Waals surface area (Å²) in [5.74, 6) is 1.06. The molecule has 1 amide bonds. The zero-order chi connectivity index (χ0) is 22.9. The third-order valence-electron chi connectivity index (χ3n) is 6.53. The SMILES string of the molecule is O=C(NCC1(c2ccc3c(c2)OCO3)CCOCC1)c1cc(S(=O)(=O)N2CCOCC2)c[nH]1. The van der Waals surface area contributed by atoms with Crippen LogP contribution < -0.4 is 14.8 Å². The largest absolute Gasteiger partial charge is 0.454 e. The van der Waals surface area contributed by atoms with Crippen molar-refractivity contribution in [3.63, 3.8) is 0 Å². The zero-order valence-electron chi connectivity index (χ0n) is 18.2.